The van der Waals surface area contributed by atoms with Crippen molar-refractivity contribution in [3.05, 3.63) is 126 Å². The van der Waals surface area contributed by atoms with E-state index in [-0.39, 0.29) is 18.6 Å². The van der Waals surface area contributed by atoms with Gasteiger partial charge in [0.25, 0.3) is 5.91 Å². The summed E-state index contributed by atoms with van der Waals surface area (Å²) in [6.07, 6.45) is 0. The number of hydrogen-bond acceptors (Lipinski definition) is 4. The molecule has 5 rings (SSSR count). The van der Waals surface area contributed by atoms with Gasteiger partial charge in [-0.15, -0.1) is 0 Å². The Morgan fingerprint density at radius 3 is 2.08 bits per heavy atom. The Morgan fingerprint density at radius 1 is 0.757 bits per heavy atom. The van der Waals surface area contributed by atoms with Crippen LogP contribution in [0, 0.1) is 0 Å². The molecule has 0 spiro atoms. The first-order valence-corrected chi connectivity index (χ1v) is 12.2. The number of aromatic nitrogens is 1. The molecule has 0 saturated heterocycles. The summed E-state index contributed by atoms with van der Waals surface area (Å²) in [4.78, 5) is 30.3. The number of ether oxygens (including phenoxy) is 1. The second-order valence-corrected chi connectivity index (χ2v) is 8.79. The first-order valence-electron chi connectivity index (χ1n) is 12.2. The number of carbonyl (C=O) groups excluding carboxylic acids is 2. The van der Waals surface area contributed by atoms with Crippen molar-refractivity contribution < 1.29 is 14.3 Å². The molecular weight excluding hydrogens is 460 g/mol. The van der Waals surface area contributed by atoms with Crippen molar-refractivity contribution in [3.8, 4) is 22.4 Å². The molecule has 5 aromatic rings. The van der Waals surface area contributed by atoms with Crippen LogP contribution in [0.3, 0.4) is 0 Å². The fraction of sp³-hybridized carbons (Fsp3) is 0.0938. The van der Waals surface area contributed by atoms with E-state index < -0.39 is 5.97 Å². The van der Waals surface area contributed by atoms with Crippen LogP contribution in [0.1, 0.15) is 28.9 Å². The van der Waals surface area contributed by atoms with Crippen LogP contribution in [0.2, 0.25) is 0 Å². The minimum absolute atomic E-state index is 0.195. The van der Waals surface area contributed by atoms with E-state index in [1.807, 2.05) is 104 Å². The van der Waals surface area contributed by atoms with Gasteiger partial charge in [0.05, 0.1) is 22.8 Å². The molecule has 5 nitrogen and oxygen atoms in total. The predicted octanol–water partition coefficient (Wildman–Crippen LogP) is 6.60. The number of carbonyl (C=O) groups is 2. The van der Waals surface area contributed by atoms with Crippen molar-refractivity contribution in [1.29, 1.82) is 0 Å². The van der Waals surface area contributed by atoms with Crippen molar-refractivity contribution in [2.45, 2.75) is 13.0 Å². The third kappa shape index (κ3) is 5.57. The topological polar surface area (TPSA) is 68.3 Å². The summed E-state index contributed by atoms with van der Waals surface area (Å²) in [5.74, 6) is -0.928. The summed E-state index contributed by atoms with van der Waals surface area (Å²) in [6.45, 7) is 1.52. The lowest BCUT2D eigenvalue weighted by Crippen LogP contribution is -2.31. The molecule has 0 bridgehead atoms. The molecule has 1 amide bonds. The quantitative estimate of drug-likeness (QED) is 0.263. The Kier molecular flexibility index (Phi) is 7.04. The molecule has 0 aliphatic rings. The molecule has 1 N–H and O–H groups in total. The normalized spacial score (nSPS) is 11.6. The molecule has 1 unspecified atom stereocenters. The molecule has 0 fully saturated rings. The number of nitrogens with one attached hydrogen (secondary N) is 1. The average Bonchev–Trinajstić information content (AvgIpc) is 2.96. The Bertz CT molecular complexity index is 1530. The zero-order chi connectivity index (χ0) is 25.6. The number of para-hydroxylation sites is 1. The molecule has 5 heteroatoms. The van der Waals surface area contributed by atoms with E-state index in [2.05, 4.69) is 17.4 Å². The maximum absolute atomic E-state index is 13.1. The molecule has 0 radical (unpaired) electrons. The molecule has 1 atom stereocenters. The number of esters is 1. The summed E-state index contributed by atoms with van der Waals surface area (Å²) in [5.41, 5.74) is 5.80. The standard InChI is InChI=1S/C32H26N2O3/c1-22(23-10-4-2-5-11-23)33-31(35)21-37-32(36)28-20-30(34-29-15-9-8-14-27(28)29)26-18-16-25(17-19-26)24-12-6-3-7-13-24/h2-20,22H,21H2,1H3,(H,33,35). The van der Waals surface area contributed by atoms with Gasteiger partial charge in [0.1, 0.15) is 0 Å². The molecular formula is C32H26N2O3. The molecule has 1 heterocycles. The van der Waals surface area contributed by atoms with Crippen molar-refractivity contribution in [3.63, 3.8) is 0 Å². The second-order valence-electron chi connectivity index (χ2n) is 8.79. The van der Waals surface area contributed by atoms with Crippen LogP contribution in [0.4, 0.5) is 0 Å². The highest BCUT2D eigenvalue weighted by molar-refractivity contribution is 6.05. The largest absolute Gasteiger partial charge is 0.452 e. The van der Waals surface area contributed by atoms with E-state index in [1.54, 1.807) is 6.07 Å². The van der Waals surface area contributed by atoms with Crippen molar-refractivity contribution in [2.75, 3.05) is 6.61 Å². The lowest BCUT2D eigenvalue weighted by molar-refractivity contribution is -0.124. The third-order valence-corrected chi connectivity index (χ3v) is 6.24. The van der Waals surface area contributed by atoms with E-state index in [9.17, 15) is 9.59 Å². The Morgan fingerprint density at radius 2 is 1.35 bits per heavy atom. The lowest BCUT2D eigenvalue weighted by Gasteiger charge is -2.15. The maximum Gasteiger partial charge on any atom is 0.339 e. The Labute approximate surface area is 215 Å². The smallest absolute Gasteiger partial charge is 0.339 e. The number of benzene rings is 4. The molecule has 4 aromatic carbocycles. The highest BCUT2D eigenvalue weighted by atomic mass is 16.5. The summed E-state index contributed by atoms with van der Waals surface area (Å²) in [7, 11) is 0. The molecule has 0 saturated carbocycles. The van der Waals surface area contributed by atoms with Crippen LogP contribution in [0.5, 0.6) is 0 Å². The monoisotopic (exact) mass is 486 g/mol. The fourth-order valence-corrected chi connectivity index (χ4v) is 4.27. The fourth-order valence-electron chi connectivity index (χ4n) is 4.27. The Hall–Kier alpha value is -4.77. The molecule has 0 aliphatic heterocycles. The Balaban J connectivity index is 1.35. The van der Waals surface area contributed by atoms with Crippen LogP contribution in [0.25, 0.3) is 33.3 Å². The summed E-state index contributed by atoms with van der Waals surface area (Å²) < 4.78 is 5.42. The number of nitrogens with zero attached hydrogens (tertiary/aromatic N) is 1. The van der Waals surface area contributed by atoms with Crippen LogP contribution >= 0.6 is 0 Å². The van der Waals surface area contributed by atoms with E-state index in [1.165, 1.54) is 0 Å². The molecule has 37 heavy (non-hydrogen) atoms. The van der Waals surface area contributed by atoms with Crippen molar-refractivity contribution in [1.82, 2.24) is 10.3 Å². The highest BCUT2D eigenvalue weighted by Gasteiger charge is 2.17. The van der Waals surface area contributed by atoms with Crippen LogP contribution < -0.4 is 5.32 Å². The highest BCUT2D eigenvalue weighted by Crippen LogP contribution is 2.28. The van der Waals surface area contributed by atoms with Gasteiger partial charge in [0.2, 0.25) is 0 Å². The first-order chi connectivity index (χ1) is 18.1. The van der Waals surface area contributed by atoms with E-state index in [0.717, 1.165) is 22.3 Å². The number of pyridine rings is 1. The molecule has 1 aromatic heterocycles. The van der Waals surface area contributed by atoms with E-state index >= 15 is 0 Å². The molecule has 0 aliphatic carbocycles. The second kappa shape index (κ2) is 10.9. The zero-order valence-electron chi connectivity index (χ0n) is 20.4. The van der Waals surface area contributed by atoms with Crippen LogP contribution in [0.15, 0.2) is 115 Å². The average molecular weight is 487 g/mol. The first kappa shape index (κ1) is 23.9. The van der Waals surface area contributed by atoms with Gasteiger partial charge in [-0.1, -0.05) is 103 Å². The van der Waals surface area contributed by atoms with Gasteiger partial charge < -0.3 is 10.1 Å². The van der Waals surface area contributed by atoms with Gasteiger partial charge in [0.15, 0.2) is 6.61 Å². The van der Waals surface area contributed by atoms with E-state index in [4.69, 9.17) is 9.72 Å². The van der Waals surface area contributed by atoms with Crippen LogP contribution in [-0.2, 0) is 9.53 Å². The van der Waals surface area contributed by atoms with Gasteiger partial charge in [-0.2, -0.15) is 0 Å². The van der Waals surface area contributed by atoms with Gasteiger partial charge >= 0.3 is 5.97 Å². The van der Waals surface area contributed by atoms with Gasteiger partial charge in [-0.05, 0) is 35.7 Å². The maximum atomic E-state index is 13.1. The predicted molar refractivity (Wildman–Crippen MR) is 146 cm³/mol. The van der Waals surface area contributed by atoms with Gasteiger partial charge in [-0.3, -0.25) is 4.79 Å². The zero-order valence-corrected chi connectivity index (χ0v) is 20.4. The minimum Gasteiger partial charge on any atom is -0.452 e. The lowest BCUT2D eigenvalue weighted by atomic mass is 10.0. The summed E-state index contributed by atoms with van der Waals surface area (Å²) >= 11 is 0. The number of amides is 1. The minimum atomic E-state index is -0.566. The van der Waals surface area contributed by atoms with Crippen LogP contribution in [-0.4, -0.2) is 23.5 Å². The third-order valence-electron chi connectivity index (χ3n) is 6.24. The van der Waals surface area contributed by atoms with E-state index in [0.29, 0.717) is 22.2 Å². The molecule has 182 valence electrons. The van der Waals surface area contributed by atoms with Crippen molar-refractivity contribution >= 4 is 22.8 Å². The SMILES string of the molecule is CC(NC(=O)COC(=O)c1cc(-c2ccc(-c3ccccc3)cc2)nc2ccccc12)c1ccccc1. The summed E-state index contributed by atoms with van der Waals surface area (Å²) in [5, 5.41) is 3.54. The van der Waals surface area contributed by atoms with Gasteiger partial charge in [-0.25, -0.2) is 9.78 Å². The summed E-state index contributed by atoms with van der Waals surface area (Å²) in [6, 6.07) is 36.8. The van der Waals surface area contributed by atoms with Gasteiger partial charge in [0, 0.05) is 10.9 Å². The number of hydrogen-bond donors (Lipinski definition) is 1. The number of rotatable bonds is 7. The van der Waals surface area contributed by atoms with Crippen molar-refractivity contribution in [2.24, 2.45) is 0 Å². The number of fused-ring (bicyclic) bond motifs is 1.